The van der Waals surface area contributed by atoms with Gasteiger partial charge in [-0.1, -0.05) is 0 Å². The lowest BCUT2D eigenvalue weighted by Crippen LogP contribution is -2.09. The number of nitrogens with zero attached hydrogens (tertiary/aromatic N) is 1. The highest BCUT2D eigenvalue weighted by atomic mass is 19.1. The molecule has 0 saturated carbocycles. The predicted octanol–water partition coefficient (Wildman–Crippen LogP) is 1.92. The summed E-state index contributed by atoms with van der Waals surface area (Å²) >= 11 is 0. The summed E-state index contributed by atoms with van der Waals surface area (Å²) in [5.41, 5.74) is 0.880. The molecule has 1 aromatic carbocycles. The van der Waals surface area contributed by atoms with Crippen molar-refractivity contribution in [3.05, 3.63) is 35.3 Å². The minimum Gasteiger partial charge on any atom is -0.464 e. The predicted molar refractivity (Wildman–Crippen MR) is 59.6 cm³/mol. The third kappa shape index (κ3) is 1.60. The number of benzene rings is 1. The number of aromatic nitrogens is 1. The highest BCUT2D eigenvalue weighted by Gasteiger charge is 2.21. The maximum atomic E-state index is 13.1. The first-order valence-corrected chi connectivity index (χ1v) is 4.91. The van der Waals surface area contributed by atoms with E-state index in [0.717, 1.165) is 0 Å². The summed E-state index contributed by atoms with van der Waals surface area (Å²) in [5, 5.41) is 0.405. The fraction of sp³-hybridized carbons (Fsp3) is 0.167. The molecule has 0 aliphatic heterocycles. The largest absolute Gasteiger partial charge is 0.464 e. The molecule has 2 aromatic rings. The molecule has 0 atom stereocenters. The van der Waals surface area contributed by atoms with Gasteiger partial charge in [-0.2, -0.15) is 0 Å². The molecule has 0 radical (unpaired) electrons. The lowest BCUT2D eigenvalue weighted by molar-refractivity contribution is 0.0588. The summed E-state index contributed by atoms with van der Waals surface area (Å²) in [6.45, 7) is 0. The average Bonchev–Trinajstić information content (AvgIpc) is 2.60. The smallest absolute Gasteiger partial charge is 0.355 e. The van der Waals surface area contributed by atoms with Gasteiger partial charge in [0.2, 0.25) is 0 Å². The van der Waals surface area contributed by atoms with Crippen LogP contribution >= 0.6 is 0 Å². The van der Waals surface area contributed by atoms with Gasteiger partial charge in [0, 0.05) is 18.0 Å². The van der Waals surface area contributed by atoms with Gasteiger partial charge in [0.1, 0.15) is 11.5 Å². The third-order valence-electron chi connectivity index (χ3n) is 2.70. The van der Waals surface area contributed by atoms with Crippen LogP contribution in [0.5, 0.6) is 0 Å². The quantitative estimate of drug-likeness (QED) is 0.590. The van der Waals surface area contributed by atoms with Crippen LogP contribution in [-0.4, -0.2) is 23.9 Å². The number of aldehydes is 1. The van der Waals surface area contributed by atoms with Gasteiger partial charge in [0.25, 0.3) is 0 Å². The number of carbonyl (C=O) groups excluding carboxylic acids is 2. The highest BCUT2D eigenvalue weighted by Crippen LogP contribution is 2.25. The molecular weight excluding hydrogens is 225 g/mol. The highest BCUT2D eigenvalue weighted by molar-refractivity contribution is 6.08. The number of ether oxygens (including phenoxy) is 1. The maximum absolute atomic E-state index is 13.1. The van der Waals surface area contributed by atoms with E-state index in [0.29, 0.717) is 17.2 Å². The van der Waals surface area contributed by atoms with Gasteiger partial charge >= 0.3 is 5.97 Å². The second-order valence-electron chi connectivity index (χ2n) is 3.59. The molecule has 0 fully saturated rings. The zero-order chi connectivity index (χ0) is 12.6. The van der Waals surface area contributed by atoms with Crippen molar-refractivity contribution in [3.63, 3.8) is 0 Å². The number of carbonyl (C=O) groups is 2. The topological polar surface area (TPSA) is 48.3 Å². The lowest BCUT2D eigenvalue weighted by Gasteiger charge is -2.02. The van der Waals surface area contributed by atoms with Crippen LogP contribution in [0.25, 0.3) is 10.9 Å². The molecule has 0 unspecified atom stereocenters. The first-order valence-electron chi connectivity index (χ1n) is 4.91. The van der Waals surface area contributed by atoms with E-state index >= 15 is 0 Å². The van der Waals surface area contributed by atoms with Crippen molar-refractivity contribution < 1.29 is 18.7 Å². The summed E-state index contributed by atoms with van der Waals surface area (Å²) in [6.07, 6.45) is 0.536. The average molecular weight is 235 g/mol. The lowest BCUT2D eigenvalue weighted by atomic mass is 10.1. The van der Waals surface area contributed by atoms with Crippen molar-refractivity contribution in [2.45, 2.75) is 0 Å². The summed E-state index contributed by atoms with van der Waals surface area (Å²) in [5.74, 6) is -1.08. The molecule has 5 heteroatoms. The Morgan fingerprint density at radius 2 is 2.18 bits per heavy atom. The number of methoxy groups -OCH3 is 1. The SMILES string of the molecule is COC(=O)c1c(C=O)c2cc(F)ccc2n1C. The van der Waals surface area contributed by atoms with Crippen molar-refractivity contribution in [2.75, 3.05) is 7.11 Å². The fourth-order valence-corrected chi connectivity index (χ4v) is 1.91. The van der Waals surface area contributed by atoms with Crippen molar-refractivity contribution in [1.82, 2.24) is 4.57 Å². The molecule has 17 heavy (non-hydrogen) atoms. The molecule has 2 rings (SSSR count). The van der Waals surface area contributed by atoms with Crippen LogP contribution in [0.4, 0.5) is 4.39 Å². The van der Waals surface area contributed by atoms with Crippen LogP contribution in [0.1, 0.15) is 20.8 Å². The van der Waals surface area contributed by atoms with Crippen LogP contribution in [0.3, 0.4) is 0 Å². The summed E-state index contributed by atoms with van der Waals surface area (Å²) in [6, 6.07) is 4.02. The van der Waals surface area contributed by atoms with Crippen LogP contribution < -0.4 is 0 Å². The summed E-state index contributed by atoms with van der Waals surface area (Å²) in [7, 11) is 2.86. The number of fused-ring (bicyclic) bond motifs is 1. The molecule has 1 aromatic heterocycles. The Balaban J connectivity index is 2.88. The first kappa shape index (κ1) is 11.3. The van der Waals surface area contributed by atoms with Crippen molar-refractivity contribution in [2.24, 2.45) is 7.05 Å². The van der Waals surface area contributed by atoms with Crippen LogP contribution in [0.15, 0.2) is 18.2 Å². The number of hydrogen-bond donors (Lipinski definition) is 0. The van der Waals surface area contributed by atoms with Gasteiger partial charge in [0.05, 0.1) is 12.7 Å². The van der Waals surface area contributed by atoms with Crippen molar-refractivity contribution in [1.29, 1.82) is 0 Å². The van der Waals surface area contributed by atoms with E-state index < -0.39 is 11.8 Å². The van der Waals surface area contributed by atoms with E-state index in [-0.39, 0.29) is 11.3 Å². The molecular formula is C12H10FNO3. The molecule has 0 saturated heterocycles. The normalized spacial score (nSPS) is 10.5. The number of hydrogen-bond acceptors (Lipinski definition) is 3. The van der Waals surface area contributed by atoms with Crippen molar-refractivity contribution >= 4 is 23.2 Å². The second-order valence-corrected chi connectivity index (χ2v) is 3.59. The fourth-order valence-electron chi connectivity index (χ4n) is 1.91. The minimum atomic E-state index is -0.619. The Hall–Kier alpha value is -2.17. The monoisotopic (exact) mass is 235 g/mol. The zero-order valence-electron chi connectivity index (χ0n) is 9.36. The van der Waals surface area contributed by atoms with Gasteiger partial charge in [0.15, 0.2) is 6.29 Å². The van der Waals surface area contributed by atoms with Gasteiger partial charge in [-0.25, -0.2) is 9.18 Å². The van der Waals surface area contributed by atoms with Crippen LogP contribution in [0.2, 0.25) is 0 Å². The van der Waals surface area contributed by atoms with E-state index in [1.165, 1.54) is 29.9 Å². The molecule has 0 spiro atoms. The Morgan fingerprint density at radius 3 is 2.76 bits per heavy atom. The Morgan fingerprint density at radius 1 is 1.47 bits per heavy atom. The molecule has 0 N–H and O–H groups in total. The van der Waals surface area contributed by atoms with Gasteiger partial charge in [-0.05, 0) is 18.2 Å². The van der Waals surface area contributed by atoms with E-state index in [2.05, 4.69) is 4.74 Å². The number of rotatable bonds is 2. The number of halogens is 1. The molecule has 1 heterocycles. The zero-order valence-corrected chi connectivity index (χ0v) is 9.36. The first-order chi connectivity index (χ1) is 8.10. The molecule has 88 valence electrons. The number of aryl methyl sites for hydroxylation is 1. The van der Waals surface area contributed by atoms with E-state index in [1.807, 2.05) is 0 Å². The maximum Gasteiger partial charge on any atom is 0.355 e. The van der Waals surface area contributed by atoms with Gasteiger partial charge in [-0.15, -0.1) is 0 Å². The minimum absolute atomic E-state index is 0.128. The molecule has 4 nitrogen and oxygen atoms in total. The molecule has 0 aliphatic carbocycles. The second kappa shape index (κ2) is 4.01. The molecule has 0 amide bonds. The Kier molecular flexibility index (Phi) is 2.67. The third-order valence-corrected chi connectivity index (χ3v) is 2.70. The van der Waals surface area contributed by atoms with Gasteiger partial charge < -0.3 is 9.30 Å². The van der Waals surface area contributed by atoms with Crippen LogP contribution in [-0.2, 0) is 11.8 Å². The standard InChI is InChI=1S/C12H10FNO3/c1-14-10-4-3-7(13)5-8(10)9(6-15)11(14)12(16)17-2/h3-6H,1-2H3. The van der Waals surface area contributed by atoms with Gasteiger partial charge in [-0.3, -0.25) is 4.79 Å². The molecule has 0 aliphatic rings. The summed E-state index contributed by atoms with van der Waals surface area (Å²) < 4.78 is 19.3. The van der Waals surface area contributed by atoms with E-state index in [1.54, 1.807) is 7.05 Å². The Bertz CT molecular complexity index is 616. The van der Waals surface area contributed by atoms with E-state index in [4.69, 9.17) is 0 Å². The van der Waals surface area contributed by atoms with Crippen LogP contribution in [0, 0.1) is 5.82 Å². The van der Waals surface area contributed by atoms with E-state index in [9.17, 15) is 14.0 Å². The molecule has 0 bridgehead atoms. The number of esters is 1. The summed E-state index contributed by atoms with van der Waals surface area (Å²) in [4.78, 5) is 22.6. The van der Waals surface area contributed by atoms with Crippen molar-refractivity contribution in [3.8, 4) is 0 Å². The Labute approximate surface area is 96.6 Å².